The Balaban J connectivity index is 1.14. The number of benzene rings is 1. The molecule has 2 aromatic rings. The van der Waals surface area contributed by atoms with Crippen LogP contribution in [0.1, 0.15) is 37.8 Å². The molecule has 4 heterocycles. The number of amides is 1. The molecule has 0 saturated carbocycles. The summed E-state index contributed by atoms with van der Waals surface area (Å²) < 4.78 is 13.7. The summed E-state index contributed by atoms with van der Waals surface area (Å²) in [6, 6.07) is 8.42. The lowest BCUT2D eigenvalue weighted by atomic mass is 10.2. The van der Waals surface area contributed by atoms with Crippen LogP contribution in [-0.4, -0.2) is 69.9 Å². The van der Waals surface area contributed by atoms with E-state index in [0.717, 1.165) is 36.8 Å². The van der Waals surface area contributed by atoms with Crippen LogP contribution in [-0.2, 0) is 27.4 Å². The molecule has 2 fully saturated rings. The number of nitrogens with one attached hydrogen (secondary N) is 1. The van der Waals surface area contributed by atoms with Gasteiger partial charge in [0, 0.05) is 31.2 Å². The predicted molar refractivity (Wildman–Crippen MR) is 131 cm³/mol. The molecule has 2 saturated heterocycles. The summed E-state index contributed by atoms with van der Waals surface area (Å²) >= 11 is 6.17. The molecular weight excluding hydrogens is 454 g/mol. The topological polar surface area (TPSA) is 71.9 Å². The van der Waals surface area contributed by atoms with E-state index in [2.05, 4.69) is 33.6 Å². The third kappa shape index (κ3) is 4.86. The van der Waals surface area contributed by atoms with Gasteiger partial charge >= 0.3 is 0 Å². The van der Waals surface area contributed by atoms with Gasteiger partial charge in [0.1, 0.15) is 12.6 Å². The average molecular weight is 486 g/mol. The van der Waals surface area contributed by atoms with Crippen molar-refractivity contribution in [2.75, 3.05) is 31.7 Å². The van der Waals surface area contributed by atoms with Gasteiger partial charge in [-0.25, -0.2) is 4.98 Å². The van der Waals surface area contributed by atoms with Crippen molar-refractivity contribution in [3.63, 3.8) is 0 Å². The van der Waals surface area contributed by atoms with Crippen molar-refractivity contribution in [3.05, 3.63) is 59.2 Å². The highest BCUT2D eigenvalue weighted by Gasteiger charge is 2.40. The highest BCUT2D eigenvalue weighted by Crippen LogP contribution is 2.30. The second-order valence-electron chi connectivity index (χ2n) is 9.39. The average Bonchev–Trinajstić information content (AvgIpc) is 3.57. The molecule has 2 bridgehead atoms. The van der Waals surface area contributed by atoms with E-state index in [0.29, 0.717) is 43.6 Å². The molecule has 3 aliphatic heterocycles. The monoisotopic (exact) mass is 485 g/mol. The quantitative estimate of drug-likeness (QED) is 0.351. The number of hydrogen-bond donors (Lipinski definition) is 1. The zero-order valence-electron chi connectivity index (χ0n) is 19.7. The molecule has 34 heavy (non-hydrogen) atoms. The molecule has 182 valence electrons. The molecule has 5 rings (SSSR count). The lowest BCUT2D eigenvalue weighted by Gasteiger charge is -2.33. The van der Waals surface area contributed by atoms with Gasteiger partial charge in [-0.05, 0) is 32.4 Å². The first kappa shape index (κ1) is 23.4. The number of morpholine rings is 1. The summed E-state index contributed by atoms with van der Waals surface area (Å²) in [5, 5.41) is 3.85. The number of hydrogen-bond acceptors (Lipinski definition) is 6. The van der Waals surface area contributed by atoms with Crippen LogP contribution in [0.4, 0.5) is 5.69 Å². The first-order chi connectivity index (χ1) is 16.5. The Morgan fingerprint density at radius 1 is 1.38 bits per heavy atom. The van der Waals surface area contributed by atoms with Crippen molar-refractivity contribution >= 4 is 23.2 Å². The maximum absolute atomic E-state index is 12.9. The lowest BCUT2D eigenvalue weighted by Crippen LogP contribution is -2.42. The van der Waals surface area contributed by atoms with E-state index < -0.39 is 0 Å². The molecule has 1 aromatic heterocycles. The second-order valence-corrected chi connectivity index (χ2v) is 9.80. The fourth-order valence-electron chi connectivity index (χ4n) is 5.26. The van der Waals surface area contributed by atoms with E-state index in [1.54, 1.807) is 6.08 Å². The maximum atomic E-state index is 12.9. The summed E-state index contributed by atoms with van der Waals surface area (Å²) in [5.41, 5.74) is 1.85. The van der Waals surface area contributed by atoms with Gasteiger partial charge in [0.05, 0.1) is 54.5 Å². The summed E-state index contributed by atoms with van der Waals surface area (Å²) in [6.45, 7) is 7.97. The number of carbonyl (C=O) groups is 1. The van der Waals surface area contributed by atoms with Crippen molar-refractivity contribution in [3.8, 4) is 0 Å². The zero-order valence-corrected chi connectivity index (χ0v) is 20.4. The van der Waals surface area contributed by atoms with E-state index in [4.69, 9.17) is 21.1 Å². The zero-order chi connectivity index (χ0) is 23.7. The Hall–Kier alpha value is -2.39. The largest absolute Gasteiger partial charge is 0.375 e. The molecule has 1 N–H and O–H groups in total. The highest BCUT2D eigenvalue weighted by atomic mass is 35.5. The van der Waals surface area contributed by atoms with Crippen LogP contribution in [0.25, 0.3) is 0 Å². The third-order valence-electron chi connectivity index (χ3n) is 6.99. The SMILES string of the molecule is C[C@@H](/C=C/C(=O)N1Cc2ncc(COCNc3ccccc3Cl)n2[C@@H](C)C1)N1CC2CC1CO2. The number of nitrogens with zero attached hydrogens (tertiary/aromatic N) is 4. The number of likely N-dealkylation sites (tertiary alicyclic amines) is 1. The molecule has 2 unspecified atom stereocenters. The Kier molecular flexibility index (Phi) is 6.92. The number of halogens is 1. The second kappa shape index (κ2) is 10.1. The number of imidazole rings is 1. The number of rotatable bonds is 8. The summed E-state index contributed by atoms with van der Waals surface area (Å²) in [5.74, 6) is 0.926. The van der Waals surface area contributed by atoms with Crippen molar-refractivity contribution in [1.82, 2.24) is 19.4 Å². The van der Waals surface area contributed by atoms with Crippen LogP contribution in [0, 0.1) is 0 Å². The van der Waals surface area contributed by atoms with Gasteiger partial charge in [-0.3, -0.25) is 9.69 Å². The van der Waals surface area contributed by atoms with Gasteiger partial charge < -0.3 is 24.3 Å². The highest BCUT2D eigenvalue weighted by molar-refractivity contribution is 6.33. The van der Waals surface area contributed by atoms with Gasteiger partial charge in [-0.15, -0.1) is 0 Å². The summed E-state index contributed by atoms with van der Waals surface area (Å²) in [7, 11) is 0. The molecular formula is C25H32ClN5O3. The first-order valence-corrected chi connectivity index (χ1v) is 12.3. The van der Waals surface area contributed by atoms with E-state index in [1.807, 2.05) is 41.4 Å². The molecule has 8 nitrogen and oxygen atoms in total. The van der Waals surface area contributed by atoms with Crippen molar-refractivity contribution < 1.29 is 14.3 Å². The van der Waals surface area contributed by atoms with Crippen molar-refractivity contribution in [1.29, 1.82) is 0 Å². The molecule has 0 aliphatic carbocycles. The lowest BCUT2D eigenvalue weighted by molar-refractivity contribution is -0.128. The Labute approximate surface area is 205 Å². The number of anilines is 1. The van der Waals surface area contributed by atoms with E-state index in [9.17, 15) is 4.79 Å². The number of para-hydroxylation sites is 1. The minimum atomic E-state index is 0.0373. The summed E-state index contributed by atoms with van der Waals surface area (Å²) in [6.07, 6.45) is 7.08. The van der Waals surface area contributed by atoms with Crippen molar-refractivity contribution in [2.45, 2.75) is 57.6 Å². The maximum Gasteiger partial charge on any atom is 0.246 e. The van der Waals surface area contributed by atoms with Gasteiger partial charge in [0.15, 0.2) is 0 Å². The molecule has 4 atom stereocenters. The minimum Gasteiger partial charge on any atom is -0.375 e. The van der Waals surface area contributed by atoms with Crippen LogP contribution in [0.2, 0.25) is 5.02 Å². The van der Waals surface area contributed by atoms with Crippen LogP contribution >= 0.6 is 11.6 Å². The molecule has 0 radical (unpaired) electrons. The van der Waals surface area contributed by atoms with E-state index in [1.165, 1.54) is 0 Å². The number of aromatic nitrogens is 2. The van der Waals surface area contributed by atoms with Crippen LogP contribution in [0.15, 0.2) is 42.6 Å². The first-order valence-electron chi connectivity index (χ1n) is 11.9. The van der Waals surface area contributed by atoms with Crippen molar-refractivity contribution in [2.24, 2.45) is 0 Å². The Morgan fingerprint density at radius 2 is 2.24 bits per heavy atom. The minimum absolute atomic E-state index is 0.0373. The predicted octanol–water partition coefficient (Wildman–Crippen LogP) is 3.44. The fourth-order valence-corrected chi connectivity index (χ4v) is 5.46. The van der Waals surface area contributed by atoms with Gasteiger partial charge in [0.25, 0.3) is 0 Å². The van der Waals surface area contributed by atoms with Crippen LogP contribution in [0.5, 0.6) is 0 Å². The Bertz CT molecular complexity index is 1060. The van der Waals surface area contributed by atoms with Crippen LogP contribution in [0.3, 0.4) is 0 Å². The fraction of sp³-hybridized carbons (Fsp3) is 0.520. The normalized spacial score (nSPS) is 25.1. The van der Waals surface area contributed by atoms with E-state index >= 15 is 0 Å². The number of fused-ring (bicyclic) bond motifs is 3. The smallest absolute Gasteiger partial charge is 0.246 e. The Morgan fingerprint density at radius 3 is 3.00 bits per heavy atom. The number of carbonyl (C=O) groups excluding carboxylic acids is 1. The third-order valence-corrected chi connectivity index (χ3v) is 7.32. The van der Waals surface area contributed by atoms with Gasteiger partial charge in [-0.1, -0.05) is 29.8 Å². The van der Waals surface area contributed by atoms with Crippen LogP contribution < -0.4 is 5.32 Å². The number of ether oxygens (including phenoxy) is 2. The molecule has 0 spiro atoms. The molecule has 1 amide bonds. The molecule has 9 heteroatoms. The summed E-state index contributed by atoms with van der Waals surface area (Å²) in [4.78, 5) is 21.8. The van der Waals surface area contributed by atoms with Gasteiger partial charge in [0.2, 0.25) is 5.91 Å². The van der Waals surface area contributed by atoms with Gasteiger partial charge in [-0.2, -0.15) is 0 Å². The molecule has 1 aromatic carbocycles. The molecule has 3 aliphatic rings. The standard InChI is InChI=1S/C25H32ClN5O3/c1-17(30-12-21-9-19(30)15-34-21)7-8-25(32)29-11-18(2)31-20(10-27-24(31)13-29)14-33-16-28-23-6-4-3-5-22(23)26/h3-8,10,17-19,21,28H,9,11-16H2,1-2H3/b8-7+/t17-,18-,19?,21?/m0/s1. The van der Waals surface area contributed by atoms with E-state index in [-0.39, 0.29) is 18.0 Å².